The molecular weight excluding hydrogens is 438 g/mol. The third-order valence-electron chi connectivity index (χ3n) is 6.80. The fourth-order valence-corrected chi connectivity index (χ4v) is 4.71. The van der Waals surface area contributed by atoms with Gasteiger partial charge in [-0.3, -0.25) is 0 Å². The molecule has 0 amide bonds. The number of unbranched alkanes of at least 4 members (excludes halogenated alkanes) is 1. The Morgan fingerprint density at radius 3 is 2.83 bits per heavy atom. The topological polar surface area (TPSA) is 90.4 Å². The Bertz CT molecular complexity index is 1130. The van der Waals surface area contributed by atoms with Crippen LogP contribution in [0.5, 0.6) is 0 Å². The first-order chi connectivity index (χ1) is 17.0. The van der Waals surface area contributed by atoms with Crippen LogP contribution in [0, 0.1) is 0 Å². The molecule has 0 unspecified atom stereocenters. The first-order valence-corrected chi connectivity index (χ1v) is 12.8. The van der Waals surface area contributed by atoms with Crippen molar-refractivity contribution in [3.8, 4) is 0 Å². The molecule has 1 atom stereocenters. The van der Waals surface area contributed by atoms with E-state index < -0.39 is 12.0 Å². The predicted molar refractivity (Wildman–Crippen MR) is 142 cm³/mol. The van der Waals surface area contributed by atoms with E-state index in [1.165, 1.54) is 12.0 Å². The molecule has 35 heavy (non-hydrogen) atoms. The SMILES string of the molecule is CC(C)N(CCCCc1ccc2c(n1)NCCC2)CC[C@H](Nc1nccc2ccccc12)C(=O)O. The second-order valence-electron chi connectivity index (χ2n) is 9.63. The van der Waals surface area contributed by atoms with E-state index in [2.05, 4.69) is 46.5 Å². The van der Waals surface area contributed by atoms with Crippen molar-refractivity contribution >= 4 is 28.4 Å². The minimum Gasteiger partial charge on any atom is -0.480 e. The Hall–Kier alpha value is -3.19. The van der Waals surface area contributed by atoms with Gasteiger partial charge in [-0.15, -0.1) is 0 Å². The zero-order valence-electron chi connectivity index (χ0n) is 20.8. The van der Waals surface area contributed by atoms with Crippen LogP contribution in [-0.4, -0.2) is 57.7 Å². The Kier molecular flexibility index (Phi) is 8.53. The van der Waals surface area contributed by atoms with Crippen molar-refractivity contribution < 1.29 is 9.90 Å². The number of aliphatic carboxylic acids is 1. The number of anilines is 2. The highest BCUT2D eigenvalue weighted by atomic mass is 16.4. The summed E-state index contributed by atoms with van der Waals surface area (Å²) in [6.07, 6.45) is 7.61. The van der Waals surface area contributed by atoms with Gasteiger partial charge < -0.3 is 20.6 Å². The zero-order chi connectivity index (χ0) is 24.6. The summed E-state index contributed by atoms with van der Waals surface area (Å²) in [5.41, 5.74) is 2.47. The number of carbonyl (C=O) groups is 1. The van der Waals surface area contributed by atoms with E-state index in [1.807, 2.05) is 30.3 Å². The molecule has 0 spiro atoms. The molecule has 2 aromatic heterocycles. The Balaban J connectivity index is 1.28. The zero-order valence-corrected chi connectivity index (χ0v) is 20.8. The second-order valence-corrected chi connectivity index (χ2v) is 9.63. The lowest BCUT2D eigenvalue weighted by molar-refractivity contribution is -0.138. The van der Waals surface area contributed by atoms with Crippen LogP contribution in [0.2, 0.25) is 0 Å². The lowest BCUT2D eigenvalue weighted by Crippen LogP contribution is -2.38. The summed E-state index contributed by atoms with van der Waals surface area (Å²) in [5.74, 6) is 0.833. The van der Waals surface area contributed by atoms with Gasteiger partial charge in [0.1, 0.15) is 17.7 Å². The maximum atomic E-state index is 12.0. The standard InChI is InChI=1S/C28H37N5O2/c1-20(2)33(18-6-5-10-23-13-12-22-9-7-16-29-26(22)31-23)19-15-25(28(34)35)32-27-24-11-4-3-8-21(24)14-17-30-27/h3-4,8,11-14,17,20,25H,5-7,9-10,15-16,18-19H2,1-2H3,(H,29,31)(H,30,32)(H,34,35)/t25-/m0/s1. The minimum atomic E-state index is -0.851. The number of rotatable bonds is 12. The highest BCUT2D eigenvalue weighted by Gasteiger charge is 2.21. The molecule has 7 nitrogen and oxygen atoms in total. The molecule has 0 saturated carbocycles. The summed E-state index contributed by atoms with van der Waals surface area (Å²) in [5, 5.41) is 18.4. The van der Waals surface area contributed by atoms with Crippen LogP contribution >= 0.6 is 0 Å². The van der Waals surface area contributed by atoms with Crippen LogP contribution in [0.1, 0.15) is 50.8 Å². The number of nitrogens with zero attached hydrogens (tertiary/aromatic N) is 3. The number of hydrogen-bond acceptors (Lipinski definition) is 6. The van der Waals surface area contributed by atoms with Gasteiger partial charge in [-0.25, -0.2) is 14.8 Å². The van der Waals surface area contributed by atoms with Crippen LogP contribution in [0.25, 0.3) is 10.8 Å². The van der Waals surface area contributed by atoms with Gasteiger partial charge in [0.15, 0.2) is 0 Å². The summed E-state index contributed by atoms with van der Waals surface area (Å²) in [6.45, 7) is 7.01. The quantitative estimate of drug-likeness (QED) is 0.318. The molecule has 0 saturated heterocycles. The number of carboxylic acid groups (broad SMARTS) is 1. The molecule has 1 aliphatic heterocycles. The van der Waals surface area contributed by atoms with Crippen molar-refractivity contribution in [2.45, 2.75) is 64.5 Å². The number of pyridine rings is 2. The summed E-state index contributed by atoms with van der Waals surface area (Å²) in [7, 11) is 0. The molecule has 186 valence electrons. The molecule has 1 aliphatic rings. The van der Waals surface area contributed by atoms with Gasteiger partial charge in [-0.1, -0.05) is 30.3 Å². The maximum Gasteiger partial charge on any atom is 0.326 e. The number of hydrogen-bond donors (Lipinski definition) is 3. The molecule has 0 aliphatic carbocycles. The average Bonchev–Trinajstić information content (AvgIpc) is 2.87. The molecule has 3 heterocycles. The third kappa shape index (κ3) is 6.69. The van der Waals surface area contributed by atoms with E-state index in [4.69, 9.17) is 4.98 Å². The summed E-state index contributed by atoms with van der Waals surface area (Å²) < 4.78 is 0. The predicted octanol–water partition coefficient (Wildman–Crippen LogP) is 4.98. The summed E-state index contributed by atoms with van der Waals surface area (Å²) in [4.78, 5) is 23.6. The van der Waals surface area contributed by atoms with Gasteiger partial charge in [0, 0.05) is 36.4 Å². The molecular formula is C28H37N5O2. The first-order valence-electron chi connectivity index (χ1n) is 12.8. The van der Waals surface area contributed by atoms with Crippen LogP contribution in [0.4, 0.5) is 11.6 Å². The van der Waals surface area contributed by atoms with Crippen molar-refractivity contribution in [1.29, 1.82) is 0 Å². The van der Waals surface area contributed by atoms with Gasteiger partial charge in [0.25, 0.3) is 0 Å². The van der Waals surface area contributed by atoms with E-state index in [-0.39, 0.29) is 0 Å². The fraction of sp³-hybridized carbons (Fsp3) is 0.464. The number of nitrogens with one attached hydrogen (secondary N) is 2. The minimum absolute atomic E-state index is 0.353. The molecule has 3 aromatic rings. The molecule has 7 heteroatoms. The Labute approximate surface area is 208 Å². The Morgan fingerprint density at radius 2 is 2.00 bits per heavy atom. The van der Waals surface area contributed by atoms with Crippen LogP contribution in [0.3, 0.4) is 0 Å². The highest BCUT2D eigenvalue weighted by Crippen LogP contribution is 2.22. The maximum absolute atomic E-state index is 12.0. The van der Waals surface area contributed by atoms with Crippen molar-refractivity contribution in [3.63, 3.8) is 0 Å². The number of aryl methyl sites for hydroxylation is 2. The molecule has 1 aromatic carbocycles. The van der Waals surface area contributed by atoms with E-state index >= 15 is 0 Å². The molecule has 4 rings (SSSR count). The summed E-state index contributed by atoms with van der Waals surface area (Å²) in [6, 6.07) is 13.9. The first kappa shape index (κ1) is 24.9. The van der Waals surface area contributed by atoms with Crippen molar-refractivity contribution in [1.82, 2.24) is 14.9 Å². The van der Waals surface area contributed by atoms with Gasteiger partial charge in [-0.2, -0.15) is 0 Å². The number of benzene rings is 1. The van der Waals surface area contributed by atoms with Crippen LogP contribution < -0.4 is 10.6 Å². The van der Waals surface area contributed by atoms with E-state index in [9.17, 15) is 9.90 Å². The summed E-state index contributed by atoms with van der Waals surface area (Å²) >= 11 is 0. The average molecular weight is 476 g/mol. The van der Waals surface area contributed by atoms with Gasteiger partial charge in [-0.05, 0) is 82.0 Å². The van der Waals surface area contributed by atoms with E-state index in [1.54, 1.807) is 6.20 Å². The molecule has 3 N–H and O–H groups in total. The second kappa shape index (κ2) is 12.0. The largest absolute Gasteiger partial charge is 0.480 e. The van der Waals surface area contributed by atoms with Crippen LogP contribution in [0.15, 0.2) is 48.7 Å². The lowest BCUT2D eigenvalue weighted by atomic mass is 10.1. The molecule has 0 bridgehead atoms. The smallest absolute Gasteiger partial charge is 0.326 e. The lowest BCUT2D eigenvalue weighted by Gasteiger charge is -2.28. The normalized spacial score (nSPS) is 14.1. The van der Waals surface area contributed by atoms with Gasteiger partial charge in [0.2, 0.25) is 0 Å². The van der Waals surface area contributed by atoms with Crippen molar-refractivity contribution in [2.24, 2.45) is 0 Å². The van der Waals surface area contributed by atoms with E-state index in [0.29, 0.717) is 24.8 Å². The fourth-order valence-electron chi connectivity index (χ4n) is 4.71. The van der Waals surface area contributed by atoms with Crippen molar-refractivity contribution in [2.75, 3.05) is 30.3 Å². The van der Waals surface area contributed by atoms with Gasteiger partial charge in [0.05, 0.1) is 0 Å². The third-order valence-corrected chi connectivity index (χ3v) is 6.80. The number of fused-ring (bicyclic) bond motifs is 2. The number of aromatic nitrogens is 2. The van der Waals surface area contributed by atoms with E-state index in [0.717, 1.165) is 61.1 Å². The molecule has 0 fully saturated rings. The highest BCUT2D eigenvalue weighted by molar-refractivity contribution is 5.93. The Morgan fingerprint density at radius 1 is 1.14 bits per heavy atom. The van der Waals surface area contributed by atoms with Crippen LogP contribution in [-0.2, 0) is 17.6 Å². The van der Waals surface area contributed by atoms with Gasteiger partial charge >= 0.3 is 5.97 Å². The van der Waals surface area contributed by atoms with Crippen molar-refractivity contribution in [3.05, 3.63) is 59.9 Å². The monoisotopic (exact) mass is 475 g/mol. The number of carboxylic acids is 1. The molecule has 0 radical (unpaired) electrons.